The zero-order valence-electron chi connectivity index (χ0n) is 22.6. The van der Waals surface area contributed by atoms with Crippen molar-refractivity contribution < 1.29 is 18.0 Å². The van der Waals surface area contributed by atoms with E-state index in [4.69, 9.17) is 0 Å². The van der Waals surface area contributed by atoms with Gasteiger partial charge in [0.1, 0.15) is 6.33 Å². The lowest BCUT2D eigenvalue weighted by Gasteiger charge is -2.34. The highest BCUT2D eigenvalue weighted by Gasteiger charge is 2.32. The number of rotatable bonds is 7. The number of anilines is 1. The van der Waals surface area contributed by atoms with Crippen LogP contribution in [0.2, 0.25) is 0 Å². The molecule has 0 spiro atoms. The first-order chi connectivity index (χ1) is 18.6. The van der Waals surface area contributed by atoms with Crippen LogP contribution in [-0.2, 0) is 25.7 Å². The van der Waals surface area contributed by atoms with Crippen molar-refractivity contribution >= 4 is 11.5 Å². The molecule has 0 aliphatic carbocycles. The maximum Gasteiger partial charge on any atom is 0.416 e. The van der Waals surface area contributed by atoms with Crippen molar-refractivity contribution in [3.8, 4) is 0 Å². The number of carbonyl (C=O) groups excluding carboxylic acids is 1. The minimum atomic E-state index is -4.47. The number of aromatic nitrogens is 2. The molecule has 2 aliphatic rings. The van der Waals surface area contributed by atoms with Gasteiger partial charge in [-0.25, -0.2) is 9.97 Å². The van der Waals surface area contributed by atoms with Crippen LogP contribution in [0.15, 0.2) is 55.1 Å². The molecule has 1 fully saturated rings. The molecule has 2 aliphatic heterocycles. The second-order valence-corrected chi connectivity index (χ2v) is 11.1. The zero-order chi connectivity index (χ0) is 27.7. The van der Waals surface area contributed by atoms with Crippen LogP contribution in [0.25, 0.3) is 0 Å². The standard InChI is InChI=1S/C30H34F3N5O/c1-20-15-38(27-13-34-19-35-14-27)17-24-12-23(4-5-28(20)24)29(39)11-21-8-22(10-25(9-21)30(31,32)33)16-37-7-6-26(18-37)36(2)3/h4-5,8-10,12-14,19-20,26H,6-7,11,15-18H2,1-3H3/t20?,26-/m0/s1. The van der Waals surface area contributed by atoms with Gasteiger partial charge in [-0.3, -0.25) is 9.69 Å². The van der Waals surface area contributed by atoms with Gasteiger partial charge in [-0.1, -0.05) is 25.1 Å². The number of Topliss-reactive ketones (excluding diaryl/α,β-unsaturated/α-hetero) is 1. The second kappa shape index (κ2) is 11.1. The Morgan fingerprint density at radius 2 is 1.79 bits per heavy atom. The summed E-state index contributed by atoms with van der Waals surface area (Å²) in [5, 5.41) is 0. The molecule has 1 saturated heterocycles. The first-order valence-electron chi connectivity index (χ1n) is 13.3. The topological polar surface area (TPSA) is 52.6 Å². The van der Waals surface area contributed by atoms with E-state index in [0.29, 0.717) is 35.8 Å². The average Bonchev–Trinajstić information content (AvgIpc) is 3.37. The number of carbonyl (C=O) groups is 1. The summed E-state index contributed by atoms with van der Waals surface area (Å²) < 4.78 is 41.3. The van der Waals surface area contributed by atoms with Gasteiger partial charge in [0.15, 0.2) is 5.78 Å². The van der Waals surface area contributed by atoms with Crippen LogP contribution < -0.4 is 4.90 Å². The largest absolute Gasteiger partial charge is 0.416 e. The highest BCUT2D eigenvalue weighted by atomic mass is 19.4. The lowest BCUT2D eigenvalue weighted by Crippen LogP contribution is -2.33. The molecule has 1 unspecified atom stereocenters. The molecule has 206 valence electrons. The van der Waals surface area contributed by atoms with Crippen LogP contribution >= 0.6 is 0 Å². The van der Waals surface area contributed by atoms with Gasteiger partial charge in [0, 0.05) is 50.7 Å². The van der Waals surface area contributed by atoms with E-state index in [1.54, 1.807) is 24.5 Å². The molecule has 0 saturated carbocycles. The summed E-state index contributed by atoms with van der Waals surface area (Å²) in [5.41, 5.74) is 3.93. The number of benzene rings is 2. The van der Waals surface area contributed by atoms with Gasteiger partial charge in [-0.15, -0.1) is 0 Å². The van der Waals surface area contributed by atoms with Crippen molar-refractivity contribution in [2.45, 2.75) is 51.0 Å². The van der Waals surface area contributed by atoms with Gasteiger partial charge >= 0.3 is 6.18 Å². The molecular weight excluding hydrogens is 503 g/mol. The van der Waals surface area contributed by atoms with Crippen molar-refractivity contribution in [1.82, 2.24) is 19.8 Å². The van der Waals surface area contributed by atoms with Crippen molar-refractivity contribution in [3.05, 3.63) is 88.5 Å². The Morgan fingerprint density at radius 3 is 2.49 bits per heavy atom. The molecule has 1 aromatic heterocycles. The molecule has 5 rings (SSSR count). The summed E-state index contributed by atoms with van der Waals surface area (Å²) in [4.78, 5) is 28.1. The quantitative estimate of drug-likeness (QED) is 0.387. The Balaban J connectivity index is 1.35. The van der Waals surface area contributed by atoms with Gasteiger partial charge in [0.25, 0.3) is 0 Å². The molecule has 39 heavy (non-hydrogen) atoms. The third-order valence-corrected chi connectivity index (χ3v) is 7.89. The van der Waals surface area contributed by atoms with Crippen molar-refractivity contribution in [3.63, 3.8) is 0 Å². The predicted octanol–water partition coefficient (Wildman–Crippen LogP) is 5.18. The summed E-state index contributed by atoms with van der Waals surface area (Å²) in [6.45, 7) is 5.66. The lowest BCUT2D eigenvalue weighted by molar-refractivity contribution is -0.137. The van der Waals surface area contributed by atoms with E-state index >= 15 is 0 Å². The van der Waals surface area contributed by atoms with Gasteiger partial charge in [-0.2, -0.15) is 13.2 Å². The molecule has 0 bridgehead atoms. The molecule has 0 amide bonds. The van der Waals surface area contributed by atoms with Crippen molar-refractivity contribution in [1.29, 1.82) is 0 Å². The zero-order valence-corrected chi connectivity index (χ0v) is 22.6. The number of fused-ring (bicyclic) bond motifs is 1. The molecule has 6 nitrogen and oxygen atoms in total. The van der Waals surface area contributed by atoms with Gasteiger partial charge < -0.3 is 9.80 Å². The molecular formula is C30H34F3N5O. The van der Waals surface area contributed by atoms with E-state index in [9.17, 15) is 18.0 Å². The fraction of sp³-hybridized carbons (Fsp3) is 0.433. The monoisotopic (exact) mass is 537 g/mol. The number of likely N-dealkylation sites (tertiary alicyclic amines) is 1. The minimum absolute atomic E-state index is 0.0815. The molecule has 9 heteroatoms. The summed E-state index contributed by atoms with van der Waals surface area (Å²) in [5.74, 6) is 0.0616. The van der Waals surface area contributed by atoms with Crippen LogP contribution in [0.4, 0.5) is 18.9 Å². The number of hydrogen-bond donors (Lipinski definition) is 0. The second-order valence-electron chi connectivity index (χ2n) is 11.1. The summed E-state index contributed by atoms with van der Waals surface area (Å²) >= 11 is 0. The molecule has 0 N–H and O–H groups in total. The van der Waals surface area contributed by atoms with Gasteiger partial charge in [-0.05, 0) is 66.9 Å². The Morgan fingerprint density at radius 1 is 1.05 bits per heavy atom. The van der Waals surface area contributed by atoms with Crippen molar-refractivity contribution in [2.24, 2.45) is 0 Å². The number of likely N-dealkylation sites (N-methyl/N-ethyl adjacent to an activating group) is 1. The summed E-state index contributed by atoms with van der Waals surface area (Å²) in [7, 11) is 4.05. The average molecular weight is 538 g/mol. The van der Waals surface area contributed by atoms with E-state index in [2.05, 4.69) is 31.6 Å². The molecule has 3 aromatic rings. The SMILES string of the molecule is CC1CN(c2cncnc2)Cc2cc(C(=O)Cc3cc(CN4CC[C@H](N(C)C)C4)cc(C(F)(F)F)c3)ccc21. The van der Waals surface area contributed by atoms with Crippen LogP contribution in [0.3, 0.4) is 0 Å². The normalized spacial score (nSPS) is 19.9. The minimum Gasteiger partial charge on any atom is -0.364 e. The first-order valence-corrected chi connectivity index (χ1v) is 13.3. The Bertz CT molecular complexity index is 1330. The van der Waals surface area contributed by atoms with Crippen LogP contribution in [-0.4, -0.2) is 65.3 Å². The van der Waals surface area contributed by atoms with Crippen molar-refractivity contribution in [2.75, 3.05) is 38.6 Å². The number of halogens is 3. The lowest BCUT2D eigenvalue weighted by atomic mass is 9.88. The molecule has 3 heterocycles. The van der Waals surface area contributed by atoms with Crippen LogP contribution in [0.1, 0.15) is 57.4 Å². The highest BCUT2D eigenvalue weighted by molar-refractivity contribution is 5.97. The Hall–Kier alpha value is -3.30. The number of ketones is 1. The number of nitrogens with zero attached hydrogens (tertiary/aromatic N) is 5. The van der Waals surface area contributed by atoms with E-state index in [1.807, 2.05) is 26.2 Å². The summed E-state index contributed by atoms with van der Waals surface area (Å²) in [6, 6.07) is 10.2. The van der Waals surface area contributed by atoms with E-state index in [0.717, 1.165) is 43.4 Å². The molecule has 0 radical (unpaired) electrons. The summed E-state index contributed by atoms with van der Waals surface area (Å²) in [6.07, 6.45) is 1.47. The number of hydrogen-bond acceptors (Lipinski definition) is 6. The number of alkyl halides is 3. The fourth-order valence-corrected chi connectivity index (χ4v) is 5.79. The van der Waals surface area contributed by atoms with E-state index in [-0.39, 0.29) is 18.1 Å². The maximum atomic E-state index is 13.8. The van der Waals surface area contributed by atoms with Gasteiger partial charge in [0.05, 0.1) is 23.6 Å². The Kier molecular flexibility index (Phi) is 7.73. The van der Waals surface area contributed by atoms with Crippen LogP contribution in [0, 0.1) is 0 Å². The first kappa shape index (κ1) is 27.3. The maximum absolute atomic E-state index is 13.8. The third kappa shape index (κ3) is 6.31. The third-order valence-electron chi connectivity index (χ3n) is 7.89. The van der Waals surface area contributed by atoms with Crippen LogP contribution in [0.5, 0.6) is 0 Å². The highest BCUT2D eigenvalue weighted by Crippen LogP contribution is 2.33. The smallest absolute Gasteiger partial charge is 0.364 e. The van der Waals surface area contributed by atoms with Gasteiger partial charge in [0.2, 0.25) is 0 Å². The fourth-order valence-electron chi connectivity index (χ4n) is 5.79. The van der Waals surface area contributed by atoms with E-state index < -0.39 is 11.7 Å². The van der Waals surface area contributed by atoms with E-state index in [1.165, 1.54) is 18.0 Å². The predicted molar refractivity (Wildman–Crippen MR) is 145 cm³/mol. The Labute approximate surface area is 227 Å². The molecule has 2 aromatic carbocycles. The molecule has 2 atom stereocenters.